The van der Waals surface area contributed by atoms with Gasteiger partial charge in [-0.25, -0.2) is 0 Å². The summed E-state index contributed by atoms with van der Waals surface area (Å²) in [7, 11) is 0. The summed E-state index contributed by atoms with van der Waals surface area (Å²) in [6, 6.07) is 27.4. The maximum absolute atomic E-state index is 12.8. The van der Waals surface area contributed by atoms with E-state index >= 15 is 0 Å². The van der Waals surface area contributed by atoms with E-state index in [0.717, 1.165) is 22.4 Å². The van der Waals surface area contributed by atoms with Gasteiger partial charge in [0.2, 0.25) is 0 Å². The van der Waals surface area contributed by atoms with Crippen LogP contribution in [-0.4, -0.2) is 5.91 Å². The molecule has 0 saturated heterocycles. The molecule has 0 aliphatic rings. The van der Waals surface area contributed by atoms with Crippen LogP contribution in [-0.2, 0) is 4.79 Å². The lowest BCUT2D eigenvalue weighted by Crippen LogP contribution is -2.13. The number of nitrogens with one attached hydrogen (secondary N) is 1. The van der Waals surface area contributed by atoms with E-state index in [0.29, 0.717) is 5.57 Å². The van der Waals surface area contributed by atoms with E-state index in [1.165, 1.54) is 0 Å². The topological polar surface area (TPSA) is 29.1 Å². The molecule has 24 heavy (non-hydrogen) atoms. The molecule has 0 unspecified atom stereocenters. The molecule has 0 fully saturated rings. The zero-order valence-electron chi connectivity index (χ0n) is 13.6. The summed E-state index contributed by atoms with van der Waals surface area (Å²) in [5, 5.41) is 2.99. The third-order valence-corrected chi connectivity index (χ3v) is 3.72. The highest BCUT2D eigenvalue weighted by molar-refractivity contribution is 6.29. The van der Waals surface area contributed by atoms with Crippen LogP contribution in [0.3, 0.4) is 0 Å². The van der Waals surface area contributed by atoms with Crippen LogP contribution in [0.1, 0.15) is 16.7 Å². The van der Waals surface area contributed by atoms with Crippen LogP contribution in [0, 0.1) is 6.92 Å². The number of rotatable bonds is 4. The first-order chi connectivity index (χ1) is 11.7. The van der Waals surface area contributed by atoms with Gasteiger partial charge in [-0.2, -0.15) is 0 Å². The molecule has 3 rings (SSSR count). The first-order valence-corrected chi connectivity index (χ1v) is 7.92. The molecule has 118 valence electrons. The van der Waals surface area contributed by atoms with Crippen molar-refractivity contribution in [1.29, 1.82) is 0 Å². The summed E-state index contributed by atoms with van der Waals surface area (Å²) in [6.07, 6.45) is 1.92. The van der Waals surface area contributed by atoms with E-state index in [1.54, 1.807) is 0 Å². The first-order valence-electron chi connectivity index (χ1n) is 7.92. The zero-order chi connectivity index (χ0) is 16.8. The van der Waals surface area contributed by atoms with Gasteiger partial charge in [0.1, 0.15) is 0 Å². The zero-order valence-corrected chi connectivity index (χ0v) is 13.6. The number of hydrogen-bond acceptors (Lipinski definition) is 1. The summed E-state index contributed by atoms with van der Waals surface area (Å²) >= 11 is 0. The molecule has 0 spiro atoms. The molecule has 0 bridgehead atoms. The second-order valence-electron chi connectivity index (χ2n) is 5.66. The molecule has 0 saturated carbocycles. The van der Waals surface area contributed by atoms with Crippen LogP contribution < -0.4 is 5.32 Å². The average Bonchev–Trinajstić information content (AvgIpc) is 2.61. The van der Waals surface area contributed by atoms with Crippen LogP contribution in [0.2, 0.25) is 0 Å². The summed E-state index contributed by atoms with van der Waals surface area (Å²) < 4.78 is 0. The summed E-state index contributed by atoms with van der Waals surface area (Å²) in [4.78, 5) is 12.8. The molecule has 2 heteroatoms. The Balaban J connectivity index is 1.95. The molecule has 0 aromatic heterocycles. The van der Waals surface area contributed by atoms with Gasteiger partial charge in [-0.1, -0.05) is 72.8 Å². The molecule has 0 radical (unpaired) electrons. The van der Waals surface area contributed by atoms with Crippen LogP contribution in [0.25, 0.3) is 11.6 Å². The maximum atomic E-state index is 12.8. The van der Waals surface area contributed by atoms with Gasteiger partial charge >= 0.3 is 0 Å². The monoisotopic (exact) mass is 313 g/mol. The predicted molar refractivity (Wildman–Crippen MR) is 101 cm³/mol. The third-order valence-electron chi connectivity index (χ3n) is 3.72. The number of carbonyl (C=O) groups is 1. The number of aryl methyl sites for hydroxylation is 1. The highest BCUT2D eigenvalue weighted by atomic mass is 16.1. The molecule has 3 aromatic rings. The van der Waals surface area contributed by atoms with Crippen molar-refractivity contribution in [3.63, 3.8) is 0 Å². The van der Waals surface area contributed by atoms with Crippen molar-refractivity contribution >= 4 is 23.2 Å². The molecular formula is C22H19NO. The molecule has 3 aromatic carbocycles. The molecule has 0 aliphatic heterocycles. The number of anilines is 1. The first kappa shape index (κ1) is 15.8. The molecule has 1 N–H and O–H groups in total. The predicted octanol–water partition coefficient (Wildman–Crippen LogP) is 5.17. The smallest absolute Gasteiger partial charge is 0.256 e. The van der Waals surface area contributed by atoms with E-state index in [9.17, 15) is 4.79 Å². The molecule has 0 atom stereocenters. The standard InChI is InChI=1S/C22H19NO/c1-17-9-8-14-20(15-17)23-22(24)21(19-12-6-3-7-13-19)16-18-10-4-2-5-11-18/h2-16H,1H3,(H,23,24)/b21-16+. The fourth-order valence-electron chi connectivity index (χ4n) is 2.53. The Morgan fingerprint density at radius 1 is 0.833 bits per heavy atom. The fraction of sp³-hybridized carbons (Fsp3) is 0.0455. The van der Waals surface area contributed by atoms with E-state index < -0.39 is 0 Å². The Morgan fingerprint density at radius 3 is 2.17 bits per heavy atom. The van der Waals surface area contributed by atoms with Gasteiger partial charge in [0.25, 0.3) is 5.91 Å². The van der Waals surface area contributed by atoms with Crippen molar-refractivity contribution < 1.29 is 4.79 Å². The average molecular weight is 313 g/mol. The Kier molecular flexibility index (Phi) is 4.87. The minimum atomic E-state index is -0.115. The lowest BCUT2D eigenvalue weighted by molar-refractivity contribution is -0.111. The van der Waals surface area contributed by atoms with Crippen molar-refractivity contribution in [2.24, 2.45) is 0 Å². The van der Waals surface area contributed by atoms with Gasteiger partial charge in [0.15, 0.2) is 0 Å². The lowest BCUT2D eigenvalue weighted by Gasteiger charge is -2.10. The summed E-state index contributed by atoms with van der Waals surface area (Å²) in [5.41, 5.74) is 4.45. The van der Waals surface area contributed by atoms with Crippen LogP contribution in [0.15, 0.2) is 84.9 Å². The normalized spacial score (nSPS) is 11.1. The van der Waals surface area contributed by atoms with Crippen molar-refractivity contribution in [1.82, 2.24) is 0 Å². The van der Waals surface area contributed by atoms with Crippen molar-refractivity contribution in [3.8, 4) is 0 Å². The van der Waals surface area contributed by atoms with Crippen molar-refractivity contribution in [3.05, 3.63) is 102 Å². The van der Waals surface area contributed by atoms with Crippen molar-refractivity contribution in [2.45, 2.75) is 6.92 Å². The van der Waals surface area contributed by atoms with Gasteiger partial charge in [-0.05, 0) is 41.8 Å². The highest BCUT2D eigenvalue weighted by Gasteiger charge is 2.12. The number of benzene rings is 3. The van der Waals surface area contributed by atoms with Crippen LogP contribution in [0.5, 0.6) is 0 Å². The lowest BCUT2D eigenvalue weighted by atomic mass is 10.0. The van der Waals surface area contributed by atoms with Gasteiger partial charge < -0.3 is 5.32 Å². The minimum absolute atomic E-state index is 0.115. The number of carbonyl (C=O) groups excluding carboxylic acids is 1. The Labute approximate surface area is 142 Å². The second kappa shape index (κ2) is 7.42. The molecule has 0 heterocycles. The molecule has 0 aliphatic carbocycles. The largest absolute Gasteiger partial charge is 0.322 e. The highest BCUT2D eigenvalue weighted by Crippen LogP contribution is 2.21. The second-order valence-corrected chi connectivity index (χ2v) is 5.66. The number of amides is 1. The molecular weight excluding hydrogens is 294 g/mol. The van der Waals surface area contributed by atoms with E-state index in [1.807, 2.05) is 97.9 Å². The van der Waals surface area contributed by atoms with Gasteiger partial charge in [0, 0.05) is 11.3 Å². The SMILES string of the molecule is Cc1cccc(NC(=O)/C(=C/c2ccccc2)c2ccccc2)c1. The Bertz CT molecular complexity index is 851. The van der Waals surface area contributed by atoms with Crippen LogP contribution >= 0.6 is 0 Å². The van der Waals surface area contributed by atoms with E-state index in [-0.39, 0.29) is 5.91 Å². The Morgan fingerprint density at radius 2 is 1.50 bits per heavy atom. The maximum Gasteiger partial charge on any atom is 0.256 e. The third kappa shape index (κ3) is 3.99. The minimum Gasteiger partial charge on any atom is -0.322 e. The van der Waals surface area contributed by atoms with Crippen LogP contribution in [0.4, 0.5) is 5.69 Å². The Hall–Kier alpha value is -3.13. The fourth-order valence-corrected chi connectivity index (χ4v) is 2.53. The van der Waals surface area contributed by atoms with E-state index in [2.05, 4.69) is 5.32 Å². The van der Waals surface area contributed by atoms with Gasteiger partial charge in [-0.3, -0.25) is 4.79 Å². The summed E-state index contributed by atoms with van der Waals surface area (Å²) in [5.74, 6) is -0.115. The van der Waals surface area contributed by atoms with E-state index in [4.69, 9.17) is 0 Å². The van der Waals surface area contributed by atoms with Gasteiger partial charge in [-0.15, -0.1) is 0 Å². The van der Waals surface area contributed by atoms with Gasteiger partial charge in [0.05, 0.1) is 0 Å². The summed E-state index contributed by atoms with van der Waals surface area (Å²) in [6.45, 7) is 2.01. The quantitative estimate of drug-likeness (QED) is 0.522. The number of hydrogen-bond donors (Lipinski definition) is 1. The molecule has 2 nitrogen and oxygen atoms in total. The van der Waals surface area contributed by atoms with Crippen molar-refractivity contribution in [2.75, 3.05) is 5.32 Å². The molecule has 1 amide bonds.